The predicted octanol–water partition coefficient (Wildman–Crippen LogP) is 0.0603. The Morgan fingerprint density at radius 1 is 1.38 bits per heavy atom. The van der Waals surface area contributed by atoms with Gasteiger partial charge < -0.3 is 20.9 Å². The van der Waals surface area contributed by atoms with Gasteiger partial charge in [0.05, 0.1) is 12.6 Å². The van der Waals surface area contributed by atoms with Crippen LogP contribution in [0.15, 0.2) is 0 Å². The first-order chi connectivity index (χ1) is 9.32. The average molecular weight is 321 g/mol. The number of nitrogens with one attached hydrogen (secondary N) is 1. The van der Waals surface area contributed by atoms with Crippen molar-refractivity contribution in [2.75, 3.05) is 33.7 Å². The number of hydrogen-bond acceptors (Lipinski definition) is 4. The molecule has 2 atom stereocenters. The molecule has 0 aliphatic carbocycles. The lowest BCUT2D eigenvalue weighted by molar-refractivity contribution is -0.134. The lowest BCUT2D eigenvalue weighted by atomic mass is 10.1. The van der Waals surface area contributed by atoms with E-state index in [-0.39, 0.29) is 42.7 Å². The molecular weight excluding hydrogens is 292 g/mol. The molecule has 124 valence electrons. The standard InChI is InChI=1S/C14H28N4O2.ClH/c1-10(2)13(15)14(20)16-8-12(19)18-7-5-6-11(18)9-17(3)4;/h10-11,13H,5-9,15H2,1-4H3,(H,16,20);1H/t11?,13-;/m0./s1. The molecule has 0 aromatic heterocycles. The number of likely N-dealkylation sites (N-methyl/N-ethyl adjacent to an activating group) is 1. The van der Waals surface area contributed by atoms with Crippen molar-refractivity contribution >= 4 is 24.2 Å². The smallest absolute Gasteiger partial charge is 0.242 e. The van der Waals surface area contributed by atoms with Gasteiger partial charge in [-0.2, -0.15) is 0 Å². The maximum Gasteiger partial charge on any atom is 0.242 e. The Morgan fingerprint density at radius 2 is 2.00 bits per heavy atom. The molecule has 1 saturated heterocycles. The Balaban J connectivity index is 0.00000400. The van der Waals surface area contributed by atoms with Crippen LogP contribution < -0.4 is 11.1 Å². The predicted molar refractivity (Wildman–Crippen MR) is 86.4 cm³/mol. The van der Waals surface area contributed by atoms with E-state index in [4.69, 9.17) is 5.73 Å². The first-order valence-electron chi connectivity index (χ1n) is 7.30. The minimum absolute atomic E-state index is 0. The van der Waals surface area contributed by atoms with E-state index in [9.17, 15) is 9.59 Å². The minimum Gasteiger partial charge on any atom is -0.346 e. The Hall–Kier alpha value is -0.850. The number of hydrogen-bond donors (Lipinski definition) is 2. The molecule has 6 nitrogen and oxygen atoms in total. The number of halogens is 1. The third-order valence-corrected chi connectivity index (χ3v) is 3.71. The van der Waals surface area contributed by atoms with Gasteiger partial charge in [-0.1, -0.05) is 13.8 Å². The third-order valence-electron chi connectivity index (χ3n) is 3.71. The van der Waals surface area contributed by atoms with Crippen molar-refractivity contribution in [3.8, 4) is 0 Å². The fraction of sp³-hybridized carbons (Fsp3) is 0.857. The summed E-state index contributed by atoms with van der Waals surface area (Å²) in [6.45, 7) is 5.47. The van der Waals surface area contributed by atoms with Crippen molar-refractivity contribution in [2.24, 2.45) is 11.7 Å². The lowest BCUT2D eigenvalue weighted by Gasteiger charge is -2.27. The highest BCUT2D eigenvalue weighted by Crippen LogP contribution is 2.17. The SMILES string of the molecule is CC(C)[C@H](N)C(=O)NCC(=O)N1CCCC1CN(C)C.Cl. The molecule has 7 heteroatoms. The number of nitrogens with zero attached hydrogens (tertiary/aromatic N) is 2. The molecule has 0 spiro atoms. The van der Waals surface area contributed by atoms with Crippen LogP contribution >= 0.6 is 12.4 Å². The van der Waals surface area contributed by atoms with E-state index in [1.54, 1.807) is 0 Å². The van der Waals surface area contributed by atoms with Crippen LogP contribution in [0.4, 0.5) is 0 Å². The number of carbonyl (C=O) groups excluding carboxylic acids is 2. The number of amides is 2. The molecule has 3 N–H and O–H groups in total. The highest BCUT2D eigenvalue weighted by atomic mass is 35.5. The summed E-state index contributed by atoms with van der Waals surface area (Å²) in [5, 5.41) is 2.65. The van der Waals surface area contributed by atoms with Crippen LogP contribution in [0.5, 0.6) is 0 Å². The van der Waals surface area contributed by atoms with Crippen molar-refractivity contribution in [2.45, 2.75) is 38.8 Å². The fourth-order valence-corrected chi connectivity index (χ4v) is 2.46. The van der Waals surface area contributed by atoms with E-state index in [2.05, 4.69) is 10.2 Å². The van der Waals surface area contributed by atoms with E-state index in [1.165, 1.54) is 0 Å². The van der Waals surface area contributed by atoms with Crippen molar-refractivity contribution in [1.82, 2.24) is 15.1 Å². The van der Waals surface area contributed by atoms with E-state index in [1.807, 2.05) is 32.8 Å². The van der Waals surface area contributed by atoms with Crippen LogP contribution in [-0.4, -0.2) is 67.4 Å². The second-order valence-corrected chi connectivity index (χ2v) is 6.13. The monoisotopic (exact) mass is 320 g/mol. The molecule has 0 aromatic carbocycles. The number of likely N-dealkylation sites (tertiary alicyclic amines) is 1. The van der Waals surface area contributed by atoms with Gasteiger partial charge in [-0.15, -0.1) is 12.4 Å². The summed E-state index contributed by atoms with van der Waals surface area (Å²) in [7, 11) is 4.01. The van der Waals surface area contributed by atoms with Gasteiger partial charge in [0.15, 0.2) is 0 Å². The Morgan fingerprint density at radius 3 is 2.52 bits per heavy atom. The normalized spacial score (nSPS) is 19.6. The van der Waals surface area contributed by atoms with Crippen molar-refractivity contribution in [3.05, 3.63) is 0 Å². The van der Waals surface area contributed by atoms with Crippen LogP contribution in [0.1, 0.15) is 26.7 Å². The van der Waals surface area contributed by atoms with Gasteiger partial charge in [0.1, 0.15) is 0 Å². The molecule has 1 unspecified atom stereocenters. The van der Waals surface area contributed by atoms with E-state index in [0.717, 1.165) is 25.9 Å². The Bertz CT molecular complexity index is 350. The van der Waals surface area contributed by atoms with Crippen molar-refractivity contribution in [1.29, 1.82) is 0 Å². The van der Waals surface area contributed by atoms with Crippen LogP contribution in [0, 0.1) is 5.92 Å². The molecule has 1 heterocycles. The maximum absolute atomic E-state index is 12.2. The van der Waals surface area contributed by atoms with Crippen LogP contribution in [-0.2, 0) is 9.59 Å². The fourth-order valence-electron chi connectivity index (χ4n) is 2.46. The van der Waals surface area contributed by atoms with Gasteiger partial charge in [0.25, 0.3) is 0 Å². The van der Waals surface area contributed by atoms with Crippen LogP contribution in [0.2, 0.25) is 0 Å². The first kappa shape index (κ1) is 20.1. The summed E-state index contributed by atoms with van der Waals surface area (Å²) in [5.41, 5.74) is 5.75. The van der Waals surface area contributed by atoms with Gasteiger partial charge in [-0.05, 0) is 32.9 Å². The maximum atomic E-state index is 12.2. The molecule has 0 radical (unpaired) electrons. The van der Waals surface area contributed by atoms with E-state index >= 15 is 0 Å². The summed E-state index contributed by atoms with van der Waals surface area (Å²) >= 11 is 0. The molecular formula is C14H29ClN4O2. The number of rotatable bonds is 6. The quantitative estimate of drug-likeness (QED) is 0.725. The van der Waals surface area contributed by atoms with Gasteiger partial charge in [-0.3, -0.25) is 9.59 Å². The van der Waals surface area contributed by atoms with Crippen LogP contribution in [0.25, 0.3) is 0 Å². The molecule has 0 saturated carbocycles. The van der Waals surface area contributed by atoms with Crippen LogP contribution in [0.3, 0.4) is 0 Å². The molecule has 1 fully saturated rings. The summed E-state index contributed by atoms with van der Waals surface area (Å²) in [5.74, 6) is -0.200. The number of carbonyl (C=O) groups is 2. The summed E-state index contributed by atoms with van der Waals surface area (Å²) in [6, 6.07) is -0.299. The first-order valence-corrected chi connectivity index (χ1v) is 7.30. The summed E-state index contributed by atoms with van der Waals surface area (Å²) in [4.78, 5) is 27.9. The Kier molecular flexibility index (Phi) is 8.85. The van der Waals surface area contributed by atoms with Gasteiger partial charge in [0.2, 0.25) is 11.8 Å². The van der Waals surface area contributed by atoms with E-state index < -0.39 is 6.04 Å². The molecule has 1 rings (SSSR count). The summed E-state index contributed by atoms with van der Waals surface area (Å²) in [6.07, 6.45) is 2.06. The summed E-state index contributed by atoms with van der Waals surface area (Å²) < 4.78 is 0. The zero-order valence-corrected chi connectivity index (χ0v) is 14.3. The zero-order chi connectivity index (χ0) is 15.3. The van der Waals surface area contributed by atoms with Crippen molar-refractivity contribution < 1.29 is 9.59 Å². The average Bonchev–Trinajstić information content (AvgIpc) is 2.81. The molecule has 2 amide bonds. The minimum atomic E-state index is -0.557. The third kappa shape index (κ3) is 6.20. The molecule has 0 bridgehead atoms. The van der Waals surface area contributed by atoms with Crippen molar-refractivity contribution in [3.63, 3.8) is 0 Å². The second-order valence-electron chi connectivity index (χ2n) is 6.13. The van der Waals surface area contributed by atoms with E-state index in [0.29, 0.717) is 0 Å². The lowest BCUT2D eigenvalue weighted by Crippen LogP contribution is -2.49. The highest BCUT2D eigenvalue weighted by Gasteiger charge is 2.29. The van der Waals surface area contributed by atoms with Gasteiger partial charge >= 0.3 is 0 Å². The van der Waals surface area contributed by atoms with Gasteiger partial charge in [-0.25, -0.2) is 0 Å². The van der Waals surface area contributed by atoms with Gasteiger partial charge in [0, 0.05) is 19.1 Å². The molecule has 1 aliphatic rings. The Labute approximate surface area is 133 Å². The second kappa shape index (κ2) is 9.23. The topological polar surface area (TPSA) is 78.7 Å². The molecule has 1 aliphatic heterocycles. The molecule has 21 heavy (non-hydrogen) atoms. The number of nitrogens with two attached hydrogens (primary N) is 1. The molecule has 0 aromatic rings. The zero-order valence-electron chi connectivity index (χ0n) is 13.5. The highest BCUT2D eigenvalue weighted by molar-refractivity contribution is 5.87. The largest absolute Gasteiger partial charge is 0.346 e.